The van der Waals surface area contributed by atoms with Crippen LogP contribution in [0, 0.1) is 16.0 Å². The van der Waals surface area contributed by atoms with Gasteiger partial charge in [0.1, 0.15) is 5.69 Å². The predicted molar refractivity (Wildman–Crippen MR) is 94.4 cm³/mol. The normalized spacial score (nSPS) is 14.9. The molecule has 0 radical (unpaired) electrons. The number of nitrogens with zero attached hydrogens (tertiary/aromatic N) is 4. The Labute approximate surface area is 147 Å². The highest BCUT2D eigenvalue weighted by atomic mass is 16.6. The molecule has 0 bridgehead atoms. The number of hydrogen-bond donors (Lipinski definition) is 0. The summed E-state index contributed by atoms with van der Waals surface area (Å²) in [4.78, 5) is 39.9. The van der Waals surface area contributed by atoms with E-state index in [0.717, 1.165) is 0 Å². The molecule has 0 saturated carbocycles. The van der Waals surface area contributed by atoms with Gasteiger partial charge < -0.3 is 14.7 Å². The molecule has 1 aromatic carbocycles. The summed E-state index contributed by atoms with van der Waals surface area (Å²) in [5, 5.41) is 11.2. The molecule has 0 N–H and O–H groups in total. The molecule has 8 nitrogen and oxygen atoms in total. The van der Waals surface area contributed by atoms with Crippen molar-refractivity contribution < 1.29 is 14.5 Å². The lowest BCUT2D eigenvalue weighted by Crippen LogP contribution is -2.44. The molecule has 0 unspecified atom stereocenters. The molecule has 1 fully saturated rings. The standard InChI is InChI=1S/C17H24N4O4/c1-18(2)16(22)12-19(3)17(23)13-8-10-20(11-9-13)14-6-4-5-7-15(14)21(24)25/h4-7,13H,8-12H2,1-3H3. The van der Waals surface area contributed by atoms with Crippen LogP contribution < -0.4 is 4.90 Å². The van der Waals surface area contributed by atoms with Crippen molar-refractivity contribution in [2.75, 3.05) is 45.7 Å². The second-order valence-electron chi connectivity index (χ2n) is 6.49. The number of nitro benzene ring substituents is 1. The third-order valence-electron chi connectivity index (χ3n) is 4.51. The van der Waals surface area contributed by atoms with Gasteiger partial charge in [0, 0.05) is 46.2 Å². The average Bonchev–Trinajstić information content (AvgIpc) is 2.61. The second kappa shape index (κ2) is 7.96. The van der Waals surface area contributed by atoms with Crippen LogP contribution in [-0.2, 0) is 9.59 Å². The Hall–Kier alpha value is -2.64. The first kappa shape index (κ1) is 18.7. The molecule has 0 aromatic heterocycles. The van der Waals surface area contributed by atoms with Gasteiger partial charge >= 0.3 is 0 Å². The lowest BCUT2D eigenvalue weighted by atomic mass is 9.95. The van der Waals surface area contributed by atoms with Gasteiger partial charge in [-0.25, -0.2) is 0 Å². The summed E-state index contributed by atoms with van der Waals surface area (Å²) in [6.07, 6.45) is 1.23. The molecule has 136 valence electrons. The van der Waals surface area contributed by atoms with Gasteiger partial charge in [0.25, 0.3) is 5.69 Å². The van der Waals surface area contributed by atoms with E-state index < -0.39 is 0 Å². The predicted octanol–water partition coefficient (Wildman–Crippen LogP) is 1.36. The fourth-order valence-electron chi connectivity index (χ4n) is 2.99. The summed E-state index contributed by atoms with van der Waals surface area (Å²) in [5.41, 5.74) is 0.676. The van der Waals surface area contributed by atoms with Crippen molar-refractivity contribution in [2.24, 2.45) is 5.92 Å². The summed E-state index contributed by atoms with van der Waals surface area (Å²) >= 11 is 0. The Balaban J connectivity index is 1.97. The van der Waals surface area contributed by atoms with Crippen LogP contribution in [0.3, 0.4) is 0 Å². The molecule has 0 aliphatic carbocycles. The highest BCUT2D eigenvalue weighted by molar-refractivity contribution is 5.85. The van der Waals surface area contributed by atoms with Crippen molar-refractivity contribution in [1.29, 1.82) is 0 Å². The maximum absolute atomic E-state index is 12.5. The number of para-hydroxylation sites is 2. The van der Waals surface area contributed by atoms with Gasteiger partial charge in [-0.05, 0) is 18.9 Å². The molecule has 2 amide bonds. The van der Waals surface area contributed by atoms with Crippen LogP contribution >= 0.6 is 0 Å². The number of rotatable bonds is 5. The highest BCUT2D eigenvalue weighted by Gasteiger charge is 2.30. The minimum Gasteiger partial charge on any atom is -0.366 e. The molecular formula is C17H24N4O4. The third-order valence-corrected chi connectivity index (χ3v) is 4.51. The molecule has 1 aromatic rings. The molecule has 2 rings (SSSR count). The monoisotopic (exact) mass is 348 g/mol. The van der Waals surface area contributed by atoms with Gasteiger partial charge in [-0.3, -0.25) is 19.7 Å². The second-order valence-corrected chi connectivity index (χ2v) is 6.49. The Morgan fingerprint density at radius 3 is 2.36 bits per heavy atom. The van der Waals surface area contributed by atoms with E-state index in [1.807, 2.05) is 4.90 Å². The first-order chi connectivity index (χ1) is 11.8. The highest BCUT2D eigenvalue weighted by Crippen LogP contribution is 2.31. The van der Waals surface area contributed by atoms with E-state index in [1.165, 1.54) is 15.9 Å². The molecule has 25 heavy (non-hydrogen) atoms. The van der Waals surface area contributed by atoms with Crippen molar-refractivity contribution in [2.45, 2.75) is 12.8 Å². The Morgan fingerprint density at radius 2 is 1.80 bits per heavy atom. The topological polar surface area (TPSA) is 87.0 Å². The number of nitro groups is 1. The van der Waals surface area contributed by atoms with Crippen LogP contribution in [0.2, 0.25) is 0 Å². The maximum Gasteiger partial charge on any atom is 0.292 e. The number of benzene rings is 1. The van der Waals surface area contributed by atoms with Crippen molar-refractivity contribution in [3.8, 4) is 0 Å². The largest absolute Gasteiger partial charge is 0.366 e. The number of amides is 2. The summed E-state index contributed by atoms with van der Waals surface area (Å²) in [6, 6.07) is 6.66. The zero-order valence-corrected chi connectivity index (χ0v) is 14.8. The molecule has 8 heteroatoms. The van der Waals surface area contributed by atoms with Crippen molar-refractivity contribution in [3.05, 3.63) is 34.4 Å². The molecule has 1 aliphatic heterocycles. The number of carbonyl (C=O) groups excluding carboxylic acids is 2. The summed E-state index contributed by atoms with van der Waals surface area (Å²) < 4.78 is 0. The van der Waals surface area contributed by atoms with Gasteiger partial charge in [0.2, 0.25) is 11.8 Å². The van der Waals surface area contributed by atoms with Crippen LogP contribution in [-0.4, -0.2) is 67.3 Å². The fraction of sp³-hybridized carbons (Fsp3) is 0.529. The van der Waals surface area contributed by atoms with E-state index >= 15 is 0 Å². The lowest BCUT2D eigenvalue weighted by Gasteiger charge is -2.34. The summed E-state index contributed by atoms with van der Waals surface area (Å²) in [6.45, 7) is 1.23. The first-order valence-electron chi connectivity index (χ1n) is 8.24. The van der Waals surface area contributed by atoms with Crippen LogP contribution in [0.25, 0.3) is 0 Å². The van der Waals surface area contributed by atoms with Gasteiger partial charge in [-0.2, -0.15) is 0 Å². The molecule has 0 spiro atoms. The van der Waals surface area contributed by atoms with Crippen LogP contribution in [0.1, 0.15) is 12.8 Å². The Kier molecular flexibility index (Phi) is 5.95. The lowest BCUT2D eigenvalue weighted by molar-refractivity contribution is -0.384. The van der Waals surface area contributed by atoms with Gasteiger partial charge in [-0.15, -0.1) is 0 Å². The number of hydrogen-bond acceptors (Lipinski definition) is 5. The average molecular weight is 348 g/mol. The molecule has 1 aliphatic rings. The number of anilines is 1. The minimum absolute atomic E-state index is 0.0441. The fourth-order valence-corrected chi connectivity index (χ4v) is 2.99. The molecule has 1 heterocycles. The Morgan fingerprint density at radius 1 is 1.20 bits per heavy atom. The van der Waals surface area contributed by atoms with Crippen molar-refractivity contribution in [1.82, 2.24) is 9.80 Å². The maximum atomic E-state index is 12.5. The molecule has 1 saturated heterocycles. The number of likely N-dealkylation sites (N-methyl/N-ethyl adjacent to an activating group) is 2. The minimum atomic E-state index is -0.382. The number of carbonyl (C=O) groups is 2. The first-order valence-corrected chi connectivity index (χ1v) is 8.24. The van der Waals surface area contributed by atoms with E-state index in [1.54, 1.807) is 39.3 Å². The zero-order valence-electron chi connectivity index (χ0n) is 14.8. The molecular weight excluding hydrogens is 324 g/mol. The summed E-state index contributed by atoms with van der Waals surface area (Å²) in [7, 11) is 4.95. The Bertz CT molecular complexity index is 654. The quantitative estimate of drug-likeness (QED) is 0.592. The number of piperidine rings is 1. The van der Waals surface area contributed by atoms with Gasteiger partial charge in [0.05, 0.1) is 11.5 Å². The zero-order chi connectivity index (χ0) is 18.6. The summed E-state index contributed by atoms with van der Waals surface area (Å²) in [5.74, 6) is -0.315. The van der Waals surface area contributed by atoms with Crippen LogP contribution in [0.4, 0.5) is 11.4 Å². The van der Waals surface area contributed by atoms with Crippen molar-refractivity contribution in [3.63, 3.8) is 0 Å². The van der Waals surface area contributed by atoms with E-state index in [2.05, 4.69) is 0 Å². The van der Waals surface area contributed by atoms with E-state index in [9.17, 15) is 19.7 Å². The third kappa shape index (κ3) is 4.46. The van der Waals surface area contributed by atoms with E-state index in [4.69, 9.17) is 0 Å². The van der Waals surface area contributed by atoms with Gasteiger partial charge in [-0.1, -0.05) is 12.1 Å². The SMILES string of the molecule is CN(C)C(=O)CN(C)C(=O)C1CCN(c2ccccc2[N+](=O)[O-])CC1. The van der Waals surface area contributed by atoms with Gasteiger partial charge in [0.15, 0.2) is 0 Å². The van der Waals surface area contributed by atoms with Crippen molar-refractivity contribution >= 4 is 23.2 Å². The smallest absolute Gasteiger partial charge is 0.292 e. The van der Waals surface area contributed by atoms with E-state index in [0.29, 0.717) is 31.6 Å². The molecule has 0 atom stereocenters. The van der Waals surface area contributed by atoms with Crippen LogP contribution in [0.5, 0.6) is 0 Å². The van der Waals surface area contributed by atoms with E-state index in [-0.39, 0.29) is 34.9 Å². The van der Waals surface area contributed by atoms with Crippen LogP contribution in [0.15, 0.2) is 24.3 Å².